The van der Waals surface area contributed by atoms with Crippen LogP contribution < -0.4 is 21.5 Å². The van der Waals surface area contributed by atoms with Crippen LogP contribution in [0.5, 0.6) is 5.75 Å². The summed E-state index contributed by atoms with van der Waals surface area (Å²) in [5.41, 5.74) is 0.733. The van der Waals surface area contributed by atoms with Crippen molar-refractivity contribution in [1.29, 1.82) is 0 Å². The standard InChI is InChI=1S/C22H30N6O5/c1-25-19-18(20(31)26(2)22(25)32)28(21(24-19)27-10-12-33-13-11-27)9-3-8-23-14-17(30)15-4-6-16(29)7-5-15/h4-7,17,23,29-30H,3,8-14H2,1-2H3. The molecule has 0 radical (unpaired) electrons. The minimum absolute atomic E-state index is 0.159. The molecule has 11 heteroatoms. The molecule has 1 aliphatic heterocycles. The van der Waals surface area contributed by atoms with E-state index in [1.54, 1.807) is 31.3 Å². The van der Waals surface area contributed by atoms with Gasteiger partial charge in [-0.05, 0) is 30.7 Å². The topological polar surface area (TPSA) is 127 Å². The molecule has 0 aliphatic carbocycles. The SMILES string of the molecule is Cn1c(=O)c2c(nc(N3CCOCC3)n2CCCNCC(O)c2ccc(O)cc2)n(C)c1=O. The van der Waals surface area contributed by atoms with Gasteiger partial charge >= 0.3 is 5.69 Å². The second kappa shape index (κ2) is 9.77. The molecule has 11 nitrogen and oxygen atoms in total. The molecule has 1 aromatic carbocycles. The maximum absolute atomic E-state index is 13.0. The fourth-order valence-corrected chi connectivity index (χ4v) is 4.07. The van der Waals surface area contributed by atoms with Gasteiger partial charge in [0.2, 0.25) is 5.95 Å². The van der Waals surface area contributed by atoms with Crippen LogP contribution in [-0.4, -0.2) is 68.3 Å². The highest BCUT2D eigenvalue weighted by Crippen LogP contribution is 2.21. The van der Waals surface area contributed by atoms with Crippen LogP contribution in [0.3, 0.4) is 0 Å². The van der Waals surface area contributed by atoms with Crippen molar-refractivity contribution < 1.29 is 14.9 Å². The number of aliphatic hydroxyl groups excluding tert-OH is 1. The van der Waals surface area contributed by atoms with Crippen LogP contribution in [0.1, 0.15) is 18.1 Å². The summed E-state index contributed by atoms with van der Waals surface area (Å²) < 4.78 is 9.85. The van der Waals surface area contributed by atoms with E-state index in [0.717, 1.165) is 10.1 Å². The Kier molecular flexibility index (Phi) is 6.82. The van der Waals surface area contributed by atoms with Crippen molar-refractivity contribution in [3.63, 3.8) is 0 Å². The van der Waals surface area contributed by atoms with E-state index in [2.05, 4.69) is 15.2 Å². The highest BCUT2D eigenvalue weighted by Gasteiger charge is 2.23. The van der Waals surface area contributed by atoms with Crippen molar-refractivity contribution in [2.45, 2.75) is 19.1 Å². The number of morpholine rings is 1. The summed E-state index contributed by atoms with van der Waals surface area (Å²) in [4.78, 5) is 32.1. The molecule has 2 aromatic heterocycles. The summed E-state index contributed by atoms with van der Waals surface area (Å²) in [7, 11) is 3.10. The summed E-state index contributed by atoms with van der Waals surface area (Å²) in [6, 6.07) is 6.47. The van der Waals surface area contributed by atoms with Crippen molar-refractivity contribution in [1.82, 2.24) is 24.0 Å². The van der Waals surface area contributed by atoms with Crippen LogP contribution in [0.4, 0.5) is 5.95 Å². The number of phenolic OH excluding ortho intramolecular Hbond substituents is 1. The van der Waals surface area contributed by atoms with Gasteiger partial charge in [0.1, 0.15) is 5.75 Å². The zero-order valence-corrected chi connectivity index (χ0v) is 18.9. The molecule has 1 fully saturated rings. The first kappa shape index (κ1) is 23.0. The average Bonchev–Trinajstić information content (AvgIpc) is 3.21. The molecule has 0 spiro atoms. The summed E-state index contributed by atoms with van der Waals surface area (Å²) in [5.74, 6) is 0.821. The van der Waals surface area contributed by atoms with Crippen molar-refractivity contribution in [2.75, 3.05) is 44.3 Å². The van der Waals surface area contributed by atoms with Crippen LogP contribution in [0, 0.1) is 0 Å². The van der Waals surface area contributed by atoms with Gasteiger partial charge in [0.15, 0.2) is 11.2 Å². The van der Waals surface area contributed by atoms with Crippen LogP contribution in [-0.2, 0) is 25.4 Å². The predicted molar refractivity (Wildman–Crippen MR) is 124 cm³/mol. The number of aryl methyl sites for hydroxylation is 2. The molecule has 4 rings (SSSR count). The van der Waals surface area contributed by atoms with E-state index in [1.807, 2.05) is 4.57 Å². The summed E-state index contributed by atoms with van der Waals surface area (Å²) in [6.45, 7) is 3.99. The monoisotopic (exact) mass is 458 g/mol. The number of benzene rings is 1. The lowest BCUT2D eigenvalue weighted by molar-refractivity contribution is 0.121. The smallest absolute Gasteiger partial charge is 0.332 e. The third kappa shape index (κ3) is 4.65. The quantitative estimate of drug-likeness (QED) is 0.393. The fraction of sp³-hybridized carbons (Fsp3) is 0.500. The second-order valence-corrected chi connectivity index (χ2v) is 8.21. The molecule has 3 N–H and O–H groups in total. The van der Waals surface area contributed by atoms with Crippen molar-refractivity contribution >= 4 is 17.1 Å². The maximum Gasteiger partial charge on any atom is 0.332 e. The normalized spacial score (nSPS) is 15.3. The lowest BCUT2D eigenvalue weighted by Crippen LogP contribution is -2.39. The average molecular weight is 459 g/mol. The van der Waals surface area contributed by atoms with Crippen LogP contribution >= 0.6 is 0 Å². The number of rotatable bonds is 8. The Morgan fingerprint density at radius 2 is 1.82 bits per heavy atom. The number of aromatic hydroxyl groups is 1. The first-order valence-electron chi connectivity index (χ1n) is 11.0. The summed E-state index contributed by atoms with van der Waals surface area (Å²) in [5, 5.41) is 22.9. The number of anilines is 1. The van der Waals surface area contributed by atoms with E-state index in [0.29, 0.717) is 69.5 Å². The van der Waals surface area contributed by atoms with Crippen LogP contribution in [0.25, 0.3) is 11.2 Å². The van der Waals surface area contributed by atoms with Gasteiger partial charge in [0.25, 0.3) is 5.56 Å². The molecule has 3 heterocycles. The number of ether oxygens (including phenoxy) is 1. The first-order valence-corrected chi connectivity index (χ1v) is 11.0. The van der Waals surface area contributed by atoms with E-state index >= 15 is 0 Å². The molecular weight excluding hydrogens is 428 g/mol. The third-order valence-corrected chi connectivity index (χ3v) is 5.97. The molecule has 178 valence electrons. The molecular formula is C22H30N6O5. The number of hydrogen-bond acceptors (Lipinski definition) is 8. The Labute approximate surface area is 190 Å². The molecule has 1 saturated heterocycles. The van der Waals surface area contributed by atoms with E-state index in [-0.39, 0.29) is 11.3 Å². The van der Waals surface area contributed by atoms with E-state index < -0.39 is 11.8 Å². The van der Waals surface area contributed by atoms with Gasteiger partial charge in [0.05, 0.1) is 19.3 Å². The number of phenols is 1. The number of hydrogen-bond donors (Lipinski definition) is 3. The highest BCUT2D eigenvalue weighted by atomic mass is 16.5. The lowest BCUT2D eigenvalue weighted by Gasteiger charge is -2.28. The van der Waals surface area contributed by atoms with Crippen molar-refractivity contribution in [3.8, 4) is 5.75 Å². The zero-order chi connectivity index (χ0) is 23.5. The highest BCUT2D eigenvalue weighted by molar-refractivity contribution is 5.74. The first-order chi connectivity index (χ1) is 15.9. The Balaban J connectivity index is 1.50. The Morgan fingerprint density at radius 1 is 1.12 bits per heavy atom. The minimum atomic E-state index is -0.689. The number of imidazole rings is 1. The van der Waals surface area contributed by atoms with Crippen LogP contribution in [0.15, 0.2) is 33.9 Å². The molecule has 3 aromatic rings. The summed E-state index contributed by atoms with van der Waals surface area (Å²) >= 11 is 0. The van der Waals surface area contributed by atoms with Gasteiger partial charge in [-0.1, -0.05) is 12.1 Å². The molecule has 0 amide bonds. The van der Waals surface area contributed by atoms with Gasteiger partial charge in [-0.3, -0.25) is 13.9 Å². The largest absolute Gasteiger partial charge is 0.508 e. The van der Waals surface area contributed by atoms with Crippen LogP contribution in [0.2, 0.25) is 0 Å². The third-order valence-electron chi connectivity index (χ3n) is 5.97. The Hall–Kier alpha value is -3.15. The Morgan fingerprint density at radius 3 is 2.52 bits per heavy atom. The number of nitrogens with one attached hydrogen (secondary N) is 1. The maximum atomic E-state index is 13.0. The van der Waals surface area contributed by atoms with Crippen molar-refractivity contribution in [3.05, 3.63) is 50.7 Å². The minimum Gasteiger partial charge on any atom is -0.508 e. The van der Waals surface area contributed by atoms with Gasteiger partial charge in [-0.15, -0.1) is 0 Å². The molecule has 1 aliphatic rings. The molecule has 1 unspecified atom stereocenters. The number of aliphatic hydroxyl groups is 1. The number of aromatic nitrogens is 4. The van der Waals surface area contributed by atoms with E-state index in [1.165, 1.54) is 11.6 Å². The molecule has 1 atom stereocenters. The fourth-order valence-electron chi connectivity index (χ4n) is 4.07. The molecule has 33 heavy (non-hydrogen) atoms. The van der Waals surface area contributed by atoms with Gasteiger partial charge < -0.3 is 29.7 Å². The zero-order valence-electron chi connectivity index (χ0n) is 18.9. The number of fused-ring (bicyclic) bond motifs is 1. The number of nitrogens with zero attached hydrogens (tertiary/aromatic N) is 5. The van der Waals surface area contributed by atoms with Gasteiger partial charge in [-0.25, -0.2) is 4.79 Å². The second-order valence-electron chi connectivity index (χ2n) is 8.21. The van der Waals surface area contributed by atoms with E-state index in [4.69, 9.17) is 4.74 Å². The van der Waals surface area contributed by atoms with E-state index in [9.17, 15) is 19.8 Å². The van der Waals surface area contributed by atoms with Gasteiger partial charge in [-0.2, -0.15) is 4.98 Å². The molecule has 0 saturated carbocycles. The summed E-state index contributed by atoms with van der Waals surface area (Å²) in [6.07, 6.45) is 0.00212. The van der Waals surface area contributed by atoms with Crippen molar-refractivity contribution in [2.24, 2.45) is 14.1 Å². The predicted octanol–water partition coefficient (Wildman–Crippen LogP) is -0.311. The lowest BCUT2D eigenvalue weighted by atomic mass is 10.1. The Bertz CT molecular complexity index is 1220. The van der Waals surface area contributed by atoms with Gasteiger partial charge in [0, 0.05) is 40.3 Å². The molecule has 0 bridgehead atoms.